The van der Waals surface area contributed by atoms with E-state index in [-0.39, 0.29) is 11.0 Å². The molecule has 0 amide bonds. The zero-order valence-corrected chi connectivity index (χ0v) is 8.02. The second kappa shape index (κ2) is 3.36. The third-order valence-electron chi connectivity index (χ3n) is 1.87. The van der Waals surface area contributed by atoms with Crippen LogP contribution in [0.4, 0.5) is 17.6 Å². The first kappa shape index (κ1) is 10.7. The molecular formula is C9H6F4N2O. The maximum absolute atomic E-state index is 13.3. The van der Waals surface area contributed by atoms with Crippen molar-refractivity contribution in [3.8, 4) is 5.75 Å². The Hall–Kier alpha value is -1.79. The number of H-pyrrole nitrogens is 1. The highest BCUT2D eigenvalue weighted by Gasteiger charge is 2.31. The van der Waals surface area contributed by atoms with Crippen molar-refractivity contribution in [1.82, 2.24) is 9.97 Å². The molecule has 0 bridgehead atoms. The van der Waals surface area contributed by atoms with Gasteiger partial charge in [-0.05, 0) is 6.92 Å². The van der Waals surface area contributed by atoms with Gasteiger partial charge >= 0.3 is 6.36 Å². The lowest BCUT2D eigenvalue weighted by Gasteiger charge is -2.08. The monoisotopic (exact) mass is 234 g/mol. The smallest absolute Gasteiger partial charge is 0.406 e. The van der Waals surface area contributed by atoms with E-state index in [2.05, 4.69) is 14.7 Å². The Labute approximate surface area is 87.0 Å². The van der Waals surface area contributed by atoms with Gasteiger partial charge in [-0.1, -0.05) is 0 Å². The number of hydrogen-bond donors (Lipinski definition) is 1. The van der Waals surface area contributed by atoms with Crippen molar-refractivity contribution in [2.75, 3.05) is 0 Å². The van der Waals surface area contributed by atoms with Crippen LogP contribution in [0, 0.1) is 12.7 Å². The Balaban J connectivity index is 2.49. The van der Waals surface area contributed by atoms with E-state index in [4.69, 9.17) is 0 Å². The number of nitrogens with zero attached hydrogens (tertiary/aromatic N) is 1. The van der Waals surface area contributed by atoms with Gasteiger partial charge < -0.3 is 9.72 Å². The molecular weight excluding hydrogens is 228 g/mol. The molecule has 0 saturated carbocycles. The summed E-state index contributed by atoms with van der Waals surface area (Å²) in [6.07, 6.45) is -4.84. The maximum atomic E-state index is 13.3. The summed E-state index contributed by atoms with van der Waals surface area (Å²) < 4.78 is 52.6. The highest BCUT2D eigenvalue weighted by Crippen LogP contribution is 2.27. The van der Waals surface area contributed by atoms with Gasteiger partial charge in [0.15, 0.2) is 5.82 Å². The second-order valence-electron chi connectivity index (χ2n) is 3.17. The average Bonchev–Trinajstić information content (AvgIpc) is 2.42. The van der Waals surface area contributed by atoms with Crippen LogP contribution in [0.5, 0.6) is 5.75 Å². The molecule has 7 heteroatoms. The summed E-state index contributed by atoms with van der Waals surface area (Å²) in [5, 5.41) is 0. The number of fused-ring (bicyclic) bond motifs is 1. The largest absolute Gasteiger partial charge is 0.573 e. The molecule has 0 fully saturated rings. The topological polar surface area (TPSA) is 37.9 Å². The van der Waals surface area contributed by atoms with Crippen LogP contribution in [-0.2, 0) is 0 Å². The predicted molar refractivity (Wildman–Crippen MR) is 47.5 cm³/mol. The number of benzene rings is 1. The van der Waals surface area contributed by atoms with Crippen molar-refractivity contribution in [3.63, 3.8) is 0 Å². The van der Waals surface area contributed by atoms with Gasteiger partial charge in [0.2, 0.25) is 0 Å². The zero-order chi connectivity index (χ0) is 11.9. The molecule has 2 rings (SSSR count). The molecule has 86 valence electrons. The van der Waals surface area contributed by atoms with Crippen molar-refractivity contribution in [2.45, 2.75) is 13.3 Å². The molecule has 1 N–H and O–H groups in total. The summed E-state index contributed by atoms with van der Waals surface area (Å²) in [6, 6.07) is 1.70. The van der Waals surface area contributed by atoms with Crippen LogP contribution in [0.3, 0.4) is 0 Å². The van der Waals surface area contributed by atoms with Crippen LogP contribution >= 0.6 is 0 Å². The van der Waals surface area contributed by atoms with E-state index in [9.17, 15) is 17.6 Å². The third-order valence-corrected chi connectivity index (χ3v) is 1.87. The first-order valence-corrected chi connectivity index (χ1v) is 4.27. The lowest BCUT2D eigenvalue weighted by atomic mass is 10.3. The number of rotatable bonds is 1. The van der Waals surface area contributed by atoms with Crippen LogP contribution < -0.4 is 4.74 Å². The van der Waals surface area contributed by atoms with Gasteiger partial charge in [0.05, 0.1) is 5.52 Å². The lowest BCUT2D eigenvalue weighted by Crippen LogP contribution is -2.17. The molecule has 1 heterocycles. The Kier molecular flexibility index (Phi) is 2.25. The summed E-state index contributed by atoms with van der Waals surface area (Å²) >= 11 is 0. The van der Waals surface area contributed by atoms with Gasteiger partial charge in [-0.2, -0.15) is 0 Å². The van der Waals surface area contributed by atoms with Crippen LogP contribution in [0.25, 0.3) is 11.0 Å². The molecule has 0 spiro atoms. The van der Waals surface area contributed by atoms with Gasteiger partial charge in [-0.25, -0.2) is 9.37 Å². The van der Waals surface area contributed by atoms with Crippen LogP contribution in [-0.4, -0.2) is 16.3 Å². The number of halogens is 4. The summed E-state index contributed by atoms with van der Waals surface area (Å²) in [7, 11) is 0. The number of ether oxygens (including phenoxy) is 1. The first-order chi connectivity index (χ1) is 7.35. The Bertz CT molecular complexity index is 532. The first-order valence-electron chi connectivity index (χ1n) is 4.27. The number of aromatic amines is 1. The Morgan fingerprint density at radius 2 is 2.00 bits per heavy atom. The predicted octanol–water partition coefficient (Wildman–Crippen LogP) is 2.91. The third kappa shape index (κ3) is 2.07. The Morgan fingerprint density at radius 3 is 2.62 bits per heavy atom. The molecule has 0 saturated heterocycles. The highest BCUT2D eigenvalue weighted by molar-refractivity contribution is 5.77. The van der Waals surface area contributed by atoms with Gasteiger partial charge in [-0.3, -0.25) is 0 Å². The standard InChI is InChI=1S/C9H6F4N2O/c1-4-14-7-3-5(16-9(11,12)13)2-6(10)8(7)15-4/h2-3H,1H3,(H,14,15). The van der Waals surface area contributed by atoms with Gasteiger partial charge in [0.25, 0.3) is 0 Å². The summed E-state index contributed by atoms with van der Waals surface area (Å²) in [6.45, 7) is 1.57. The molecule has 3 nitrogen and oxygen atoms in total. The van der Waals surface area contributed by atoms with E-state index in [0.29, 0.717) is 11.9 Å². The number of aromatic nitrogens is 2. The minimum Gasteiger partial charge on any atom is -0.406 e. The molecule has 2 aromatic rings. The lowest BCUT2D eigenvalue weighted by molar-refractivity contribution is -0.274. The van der Waals surface area contributed by atoms with Crippen molar-refractivity contribution in [2.24, 2.45) is 0 Å². The van der Waals surface area contributed by atoms with Gasteiger partial charge in [0.1, 0.15) is 17.1 Å². The van der Waals surface area contributed by atoms with E-state index in [1.807, 2.05) is 0 Å². The minimum atomic E-state index is -4.84. The van der Waals surface area contributed by atoms with E-state index < -0.39 is 17.9 Å². The number of alkyl halides is 3. The van der Waals surface area contributed by atoms with Gasteiger partial charge in [-0.15, -0.1) is 13.2 Å². The zero-order valence-electron chi connectivity index (χ0n) is 8.02. The van der Waals surface area contributed by atoms with Crippen molar-refractivity contribution >= 4 is 11.0 Å². The molecule has 0 unspecified atom stereocenters. The molecule has 0 aliphatic rings. The molecule has 1 aromatic carbocycles. The van der Waals surface area contributed by atoms with E-state index in [1.54, 1.807) is 6.92 Å². The normalized spacial score (nSPS) is 12.1. The SMILES string of the molecule is Cc1nc2c(F)cc(OC(F)(F)F)cc2[nH]1. The fourth-order valence-corrected chi connectivity index (χ4v) is 1.37. The van der Waals surface area contributed by atoms with E-state index in [0.717, 1.165) is 6.07 Å². The molecule has 0 aliphatic heterocycles. The highest BCUT2D eigenvalue weighted by atomic mass is 19.4. The molecule has 0 atom stereocenters. The summed E-state index contributed by atoms with van der Waals surface area (Å²) in [5.41, 5.74) is 0.156. The number of nitrogens with one attached hydrogen (secondary N) is 1. The number of imidazole rings is 1. The molecule has 0 aliphatic carbocycles. The fraction of sp³-hybridized carbons (Fsp3) is 0.222. The summed E-state index contributed by atoms with van der Waals surface area (Å²) in [5.74, 6) is -1.06. The quantitative estimate of drug-likeness (QED) is 0.770. The van der Waals surface area contributed by atoms with Gasteiger partial charge in [0, 0.05) is 12.1 Å². The van der Waals surface area contributed by atoms with Crippen LogP contribution in [0.15, 0.2) is 12.1 Å². The molecule has 16 heavy (non-hydrogen) atoms. The maximum Gasteiger partial charge on any atom is 0.573 e. The molecule has 1 aromatic heterocycles. The van der Waals surface area contributed by atoms with Crippen LogP contribution in [0.2, 0.25) is 0 Å². The number of hydrogen-bond acceptors (Lipinski definition) is 2. The van der Waals surface area contributed by atoms with Crippen molar-refractivity contribution < 1.29 is 22.3 Å². The van der Waals surface area contributed by atoms with Crippen molar-refractivity contribution in [1.29, 1.82) is 0 Å². The van der Waals surface area contributed by atoms with E-state index >= 15 is 0 Å². The average molecular weight is 234 g/mol. The fourth-order valence-electron chi connectivity index (χ4n) is 1.37. The van der Waals surface area contributed by atoms with Crippen LogP contribution in [0.1, 0.15) is 5.82 Å². The van der Waals surface area contributed by atoms with E-state index in [1.165, 1.54) is 0 Å². The Morgan fingerprint density at radius 1 is 1.31 bits per heavy atom. The summed E-state index contributed by atoms with van der Waals surface area (Å²) in [4.78, 5) is 6.41. The van der Waals surface area contributed by atoms with Crippen molar-refractivity contribution in [3.05, 3.63) is 23.8 Å². The second-order valence-corrected chi connectivity index (χ2v) is 3.17. The minimum absolute atomic E-state index is 0.00738. The molecule has 0 radical (unpaired) electrons. The number of aryl methyl sites for hydroxylation is 1.